The summed E-state index contributed by atoms with van der Waals surface area (Å²) >= 11 is 6.07. The summed E-state index contributed by atoms with van der Waals surface area (Å²) < 4.78 is 5.31. The van der Waals surface area contributed by atoms with Gasteiger partial charge >= 0.3 is 0 Å². The van der Waals surface area contributed by atoms with Crippen LogP contribution in [-0.2, 0) is 27.9 Å². The third kappa shape index (κ3) is 5.27. The molecular formula is C27H36ClN3O2. The van der Waals surface area contributed by atoms with Crippen LogP contribution in [0.5, 0.6) is 0 Å². The first-order chi connectivity index (χ1) is 15.9. The summed E-state index contributed by atoms with van der Waals surface area (Å²) in [6.07, 6.45) is 3.66. The van der Waals surface area contributed by atoms with Crippen LogP contribution in [0.3, 0.4) is 0 Å². The van der Waals surface area contributed by atoms with Crippen LogP contribution in [0.2, 0.25) is 5.02 Å². The lowest BCUT2D eigenvalue weighted by Crippen LogP contribution is -2.58. The van der Waals surface area contributed by atoms with Crippen LogP contribution in [-0.4, -0.2) is 68.2 Å². The Bertz CT molecular complexity index is 941. The summed E-state index contributed by atoms with van der Waals surface area (Å²) in [5.74, 6) is 0.175. The number of rotatable bonds is 7. The fourth-order valence-corrected chi connectivity index (χ4v) is 5.71. The molecule has 0 saturated carbocycles. The first kappa shape index (κ1) is 24.2. The number of nitrogens with zero attached hydrogens (tertiary/aromatic N) is 2. The predicted octanol–water partition coefficient (Wildman–Crippen LogP) is 3.88. The van der Waals surface area contributed by atoms with E-state index in [0.717, 1.165) is 44.5 Å². The van der Waals surface area contributed by atoms with Crippen LogP contribution in [0.15, 0.2) is 48.5 Å². The van der Waals surface area contributed by atoms with Crippen molar-refractivity contribution in [1.29, 1.82) is 0 Å². The first-order valence-corrected chi connectivity index (χ1v) is 12.4. The van der Waals surface area contributed by atoms with Crippen molar-refractivity contribution in [2.75, 3.05) is 40.4 Å². The number of methoxy groups -OCH3 is 1. The number of halogens is 1. The number of likely N-dealkylation sites (N-methyl/N-ethyl adjacent to an activating group) is 1. The molecule has 0 bridgehead atoms. The molecule has 4 rings (SSSR count). The van der Waals surface area contributed by atoms with E-state index in [2.05, 4.69) is 53.4 Å². The summed E-state index contributed by atoms with van der Waals surface area (Å²) in [6.45, 7) is 5.24. The zero-order valence-corrected chi connectivity index (χ0v) is 20.8. The Morgan fingerprint density at radius 3 is 2.52 bits per heavy atom. The number of ether oxygens (including phenoxy) is 1. The van der Waals surface area contributed by atoms with Crippen LogP contribution in [0.4, 0.5) is 0 Å². The highest BCUT2D eigenvalue weighted by molar-refractivity contribution is 6.30. The second-order valence-electron chi connectivity index (χ2n) is 9.59. The van der Waals surface area contributed by atoms with Crippen LogP contribution < -0.4 is 5.32 Å². The summed E-state index contributed by atoms with van der Waals surface area (Å²) in [4.78, 5) is 18.3. The van der Waals surface area contributed by atoms with E-state index in [0.29, 0.717) is 18.1 Å². The average Bonchev–Trinajstić information content (AvgIpc) is 2.83. The van der Waals surface area contributed by atoms with Gasteiger partial charge in [-0.25, -0.2) is 0 Å². The van der Waals surface area contributed by atoms with E-state index in [4.69, 9.17) is 16.3 Å². The fraction of sp³-hybridized carbons (Fsp3) is 0.519. The summed E-state index contributed by atoms with van der Waals surface area (Å²) in [6, 6.07) is 16.4. The molecule has 2 aliphatic rings. The van der Waals surface area contributed by atoms with E-state index in [1.807, 2.05) is 24.3 Å². The molecule has 6 heteroatoms. The Morgan fingerprint density at radius 1 is 1.12 bits per heavy atom. The third-order valence-electron chi connectivity index (χ3n) is 7.42. The maximum absolute atomic E-state index is 13.7. The second kappa shape index (κ2) is 10.6. The topological polar surface area (TPSA) is 44.8 Å². The van der Waals surface area contributed by atoms with Crippen molar-refractivity contribution in [1.82, 2.24) is 15.1 Å². The normalized spacial score (nSPS) is 19.8. The van der Waals surface area contributed by atoms with Gasteiger partial charge in [0.2, 0.25) is 5.91 Å². The molecule has 2 aliphatic heterocycles. The van der Waals surface area contributed by atoms with Crippen molar-refractivity contribution < 1.29 is 9.53 Å². The van der Waals surface area contributed by atoms with E-state index in [1.54, 1.807) is 7.11 Å². The van der Waals surface area contributed by atoms with Crippen molar-refractivity contribution in [3.8, 4) is 0 Å². The van der Waals surface area contributed by atoms with Crippen molar-refractivity contribution in [2.24, 2.45) is 0 Å². The summed E-state index contributed by atoms with van der Waals surface area (Å²) in [5.41, 5.74) is 4.05. The molecule has 2 aromatic carbocycles. The molecule has 33 heavy (non-hydrogen) atoms. The largest absolute Gasteiger partial charge is 0.383 e. The Labute approximate surface area is 203 Å². The van der Waals surface area contributed by atoms with Gasteiger partial charge in [0.05, 0.1) is 12.6 Å². The highest BCUT2D eigenvalue weighted by atomic mass is 35.5. The highest BCUT2D eigenvalue weighted by Crippen LogP contribution is 2.42. The molecule has 0 aromatic heterocycles. The zero-order valence-electron chi connectivity index (χ0n) is 20.0. The lowest BCUT2D eigenvalue weighted by atomic mass is 9.74. The number of hydrogen-bond donors (Lipinski definition) is 1. The monoisotopic (exact) mass is 469 g/mol. The van der Waals surface area contributed by atoms with Crippen molar-refractivity contribution in [3.63, 3.8) is 0 Å². The number of amides is 1. The SMILES string of the molecule is COCC(C)N[C@H](Cc1ccc(Cl)cc1)C(=O)N1CCC2(CC1)c1ccccc1CCN2C. The highest BCUT2D eigenvalue weighted by Gasteiger charge is 2.44. The first-order valence-electron chi connectivity index (χ1n) is 12.0. The van der Waals surface area contributed by atoms with Gasteiger partial charge in [0.25, 0.3) is 0 Å². The number of carbonyl (C=O) groups is 1. The maximum atomic E-state index is 13.7. The van der Waals surface area contributed by atoms with Gasteiger partial charge in [0, 0.05) is 43.3 Å². The number of benzene rings is 2. The van der Waals surface area contributed by atoms with Crippen LogP contribution >= 0.6 is 11.6 Å². The maximum Gasteiger partial charge on any atom is 0.240 e. The minimum absolute atomic E-state index is 0.0358. The van der Waals surface area contributed by atoms with Crippen molar-refractivity contribution in [2.45, 2.75) is 50.2 Å². The molecule has 1 saturated heterocycles. The number of hydrogen-bond acceptors (Lipinski definition) is 4. The molecule has 1 unspecified atom stereocenters. The second-order valence-corrected chi connectivity index (χ2v) is 10.0. The molecule has 1 fully saturated rings. The molecule has 2 aromatic rings. The number of piperidine rings is 1. The van der Waals surface area contributed by atoms with Gasteiger partial charge in [-0.3, -0.25) is 9.69 Å². The molecule has 1 N–H and O–H groups in total. The molecule has 2 atom stereocenters. The Balaban J connectivity index is 1.49. The predicted molar refractivity (Wildman–Crippen MR) is 134 cm³/mol. The molecule has 0 radical (unpaired) electrons. The minimum atomic E-state index is -0.290. The molecule has 178 valence electrons. The standard InChI is InChI=1S/C27H36ClN3O2/c1-20(19-33-3)29-25(18-21-8-10-23(28)11-9-21)26(32)31-16-13-27(14-17-31)24-7-5-4-6-22(24)12-15-30(27)2/h4-11,20,25,29H,12-19H2,1-3H3/t20?,25-/m1/s1. The number of nitrogens with one attached hydrogen (secondary N) is 1. The van der Waals surface area contributed by atoms with Gasteiger partial charge in [0.1, 0.15) is 0 Å². The van der Waals surface area contributed by atoms with Crippen molar-refractivity contribution in [3.05, 3.63) is 70.2 Å². The molecule has 0 aliphatic carbocycles. The lowest BCUT2D eigenvalue weighted by molar-refractivity contribution is -0.136. The van der Waals surface area contributed by atoms with Crippen LogP contribution in [0.25, 0.3) is 0 Å². The number of likely N-dealkylation sites (tertiary alicyclic amines) is 1. The Hall–Kier alpha value is -1.92. The van der Waals surface area contributed by atoms with Gasteiger partial charge in [-0.05, 0) is 68.5 Å². The van der Waals surface area contributed by atoms with Crippen molar-refractivity contribution >= 4 is 17.5 Å². The Morgan fingerprint density at radius 2 is 1.82 bits per heavy atom. The quantitative estimate of drug-likeness (QED) is 0.668. The minimum Gasteiger partial charge on any atom is -0.383 e. The third-order valence-corrected chi connectivity index (χ3v) is 7.67. The van der Waals surface area contributed by atoms with Gasteiger partial charge in [-0.2, -0.15) is 0 Å². The van der Waals surface area contributed by atoms with E-state index < -0.39 is 0 Å². The molecule has 1 amide bonds. The smallest absolute Gasteiger partial charge is 0.240 e. The molecule has 1 spiro atoms. The van der Waals surface area contributed by atoms with Gasteiger partial charge in [-0.15, -0.1) is 0 Å². The zero-order chi connectivity index (χ0) is 23.4. The summed E-state index contributed by atoms with van der Waals surface area (Å²) in [7, 11) is 3.93. The lowest BCUT2D eigenvalue weighted by Gasteiger charge is -2.51. The van der Waals surface area contributed by atoms with Gasteiger partial charge in [-0.1, -0.05) is 48.0 Å². The van der Waals surface area contributed by atoms with Gasteiger partial charge in [0.15, 0.2) is 0 Å². The number of carbonyl (C=O) groups excluding carboxylic acids is 1. The van der Waals surface area contributed by atoms with Crippen LogP contribution in [0.1, 0.15) is 36.5 Å². The number of fused-ring (bicyclic) bond motifs is 2. The van der Waals surface area contributed by atoms with E-state index >= 15 is 0 Å². The van der Waals surface area contributed by atoms with E-state index in [-0.39, 0.29) is 23.5 Å². The summed E-state index contributed by atoms with van der Waals surface area (Å²) in [5, 5.41) is 4.22. The van der Waals surface area contributed by atoms with E-state index in [9.17, 15) is 4.79 Å². The van der Waals surface area contributed by atoms with E-state index in [1.165, 1.54) is 11.1 Å². The fourth-order valence-electron chi connectivity index (χ4n) is 5.58. The molecule has 5 nitrogen and oxygen atoms in total. The van der Waals surface area contributed by atoms with Gasteiger partial charge < -0.3 is 15.0 Å². The average molecular weight is 470 g/mol. The van der Waals surface area contributed by atoms with Crippen LogP contribution in [0, 0.1) is 0 Å². The molecule has 2 heterocycles. The molecular weight excluding hydrogens is 434 g/mol. The Kier molecular flexibility index (Phi) is 7.75.